The molecule has 4 N–H and O–H groups in total. The fraction of sp³-hybridized carbons (Fsp3) is 0.240. The van der Waals surface area contributed by atoms with Crippen molar-refractivity contribution in [2.75, 3.05) is 22.5 Å². The van der Waals surface area contributed by atoms with Gasteiger partial charge in [-0.3, -0.25) is 4.79 Å². The molecule has 0 aliphatic carbocycles. The summed E-state index contributed by atoms with van der Waals surface area (Å²) in [4.78, 5) is 27.9. The Balaban J connectivity index is 1.59. The highest BCUT2D eigenvalue weighted by atomic mass is 16.4. The van der Waals surface area contributed by atoms with Crippen molar-refractivity contribution < 1.29 is 14.7 Å². The van der Waals surface area contributed by atoms with E-state index in [1.165, 1.54) is 0 Å². The quantitative estimate of drug-likeness (QED) is 0.393. The molecule has 0 aliphatic rings. The lowest BCUT2D eigenvalue weighted by Crippen LogP contribution is -2.31. The predicted octanol–water partition coefficient (Wildman–Crippen LogP) is 5.53. The van der Waals surface area contributed by atoms with Crippen LogP contribution < -0.4 is 16.0 Å². The highest BCUT2D eigenvalue weighted by molar-refractivity contribution is 6.00. The maximum Gasteiger partial charge on any atom is 0.323 e. The number of benzene rings is 2. The second kappa shape index (κ2) is 9.51. The zero-order valence-electron chi connectivity index (χ0n) is 18.7. The van der Waals surface area contributed by atoms with Crippen LogP contribution in [-0.2, 0) is 4.79 Å². The molecular formula is C25H28N4O3. The zero-order chi connectivity index (χ0) is 23.3. The van der Waals surface area contributed by atoms with Crippen molar-refractivity contribution in [2.24, 2.45) is 5.41 Å². The number of nitrogens with one attached hydrogen (secondary N) is 3. The van der Waals surface area contributed by atoms with Gasteiger partial charge in [0.1, 0.15) is 5.82 Å². The van der Waals surface area contributed by atoms with Gasteiger partial charge in [0.15, 0.2) is 0 Å². The van der Waals surface area contributed by atoms with Crippen molar-refractivity contribution in [3.63, 3.8) is 0 Å². The fourth-order valence-electron chi connectivity index (χ4n) is 3.04. The Morgan fingerprint density at radius 2 is 1.62 bits per heavy atom. The summed E-state index contributed by atoms with van der Waals surface area (Å²) >= 11 is 0. The molecule has 0 aliphatic heterocycles. The lowest BCUT2D eigenvalue weighted by atomic mass is 9.94. The van der Waals surface area contributed by atoms with Crippen molar-refractivity contribution in [3.8, 4) is 11.1 Å². The van der Waals surface area contributed by atoms with Crippen molar-refractivity contribution in [2.45, 2.75) is 27.7 Å². The molecule has 0 radical (unpaired) electrons. The fourth-order valence-corrected chi connectivity index (χ4v) is 3.04. The molecule has 166 valence electrons. The number of carbonyl (C=O) groups is 2. The van der Waals surface area contributed by atoms with Crippen LogP contribution in [0.2, 0.25) is 0 Å². The van der Waals surface area contributed by atoms with E-state index in [-0.39, 0.29) is 12.6 Å². The van der Waals surface area contributed by atoms with Gasteiger partial charge < -0.3 is 21.1 Å². The lowest BCUT2D eigenvalue weighted by molar-refractivity contribution is -0.146. The number of hydrogen-bond acceptors (Lipinski definition) is 4. The summed E-state index contributed by atoms with van der Waals surface area (Å²) in [7, 11) is 0. The largest absolute Gasteiger partial charge is 0.481 e. The molecule has 3 rings (SSSR count). The smallest absolute Gasteiger partial charge is 0.323 e. The number of aryl methyl sites for hydroxylation is 2. The van der Waals surface area contributed by atoms with Crippen LogP contribution in [0, 0.1) is 19.3 Å². The molecule has 7 heteroatoms. The van der Waals surface area contributed by atoms with Crippen LogP contribution in [0.3, 0.4) is 0 Å². The van der Waals surface area contributed by atoms with Gasteiger partial charge in [0.25, 0.3) is 0 Å². The van der Waals surface area contributed by atoms with Gasteiger partial charge in [-0.25, -0.2) is 9.78 Å². The molecule has 3 aromatic rings. The molecule has 0 fully saturated rings. The first-order valence-corrected chi connectivity index (χ1v) is 10.3. The minimum absolute atomic E-state index is 0.277. The van der Waals surface area contributed by atoms with Crippen molar-refractivity contribution in [1.29, 1.82) is 0 Å². The summed E-state index contributed by atoms with van der Waals surface area (Å²) in [5, 5.41) is 18.0. The molecule has 0 spiro atoms. The number of urea groups is 1. The summed E-state index contributed by atoms with van der Waals surface area (Å²) in [6, 6.07) is 16.8. The second-order valence-electron chi connectivity index (χ2n) is 8.45. The van der Waals surface area contributed by atoms with Crippen LogP contribution in [-0.4, -0.2) is 28.6 Å². The molecule has 7 nitrogen and oxygen atoms in total. The molecule has 0 unspecified atom stereocenters. The normalized spacial score (nSPS) is 11.0. The third-order valence-electron chi connectivity index (χ3n) is 5.16. The summed E-state index contributed by atoms with van der Waals surface area (Å²) in [6.45, 7) is 7.57. The van der Waals surface area contributed by atoms with E-state index in [9.17, 15) is 14.7 Å². The maximum atomic E-state index is 12.3. The minimum atomic E-state index is -0.881. The SMILES string of the molecule is Cc1ccc(NC(=O)Nc2ccc(-c3ccc(NCC(C)(C)C(=O)O)nc3)cc2)c(C)c1. The van der Waals surface area contributed by atoms with Crippen LogP contribution in [0.25, 0.3) is 11.1 Å². The van der Waals surface area contributed by atoms with Gasteiger partial charge in [-0.2, -0.15) is 0 Å². The molecule has 0 atom stereocenters. The molecule has 2 aromatic carbocycles. The van der Waals surface area contributed by atoms with Gasteiger partial charge in [0, 0.05) is 29.7 Å². The lowest BCUT2D eigenvalue weighted by Gasteiger charge is -2.19. The highest BCUT2D eigenvalue weighted by Gasteiger charge is 2.26. The molecule has 0 bridgehead atoms. The number of pyridine rings is 1. The topological polar surface area (TPSA) is 103 Å². The summed E-state index contributed by atoms with van der Waals surface area (Å²) in [5.41, 5.74) is 4.59. The molecule has 2 amide bonds. The molecular weight excluding hydrogens is 404 g/mol. The number of carboxylic acids is 1. The van der Waals surface area contributed by atoms with Crippen molar-refractivity contribution >= 4 is 29.2 Å². The third kappa shape index (κ3) is 5.85. The first kappa shape index (κ1) is 22.8. The van der Waals surface area contributed by atoms with Gasteiger partial charge in [0.05, 0.1) is 5.41 Å². The molecule has 1 aromatic heterocycles. The zero-order valence-corrected chi connectivity index (χ0v) is 18.7. The van der Waals surface area contributed by atoms with E-state index in [1.54, 1.807) is 20.0 Å². The third-order valence-corrected chi connectivity index (χ3v) is 5.16. The van der Waals surface area contributed by atoms with Crippen LogP contribution in [0.4, 0.5) is 22.0 Å². The van der Waals surface area contributed by atoms with E-state index < -0.39 is 11.4 Å². The first-order valence-electron chi connectivity index (χ1n) is 10.3. The Hall–Kier alpha value is -3.87. The van der Waals surface area contributed by atoms with E-state index >= 15 is 0 Å². The number of anilines is 3. The van der Waals surface area contributed by atoms with Crippen LogP contribution in [0.15, 0.2) is 60.8 Å². The van der Waals surface area contributed by atoms with Gasteiger partial charge >= 0.3 is 12.0 Å². The van der Waals surface area contributed by atoms with Gasteiger partial charge in [-0.15, -0.1) is 0 Å². The van der Waals surface area contributed by atoms with Crippen molar-refractivity contribution in [3.05, 3.63) is 71.9 Å². The monoisotopic (exact) mass is 432 g/mol. The van der Waals surface area contributed by atoms with Crippen LogP contribution in [0.1, 0.15) is 25.0 Å². The Morgan fingerprint density at radius 3 is 2.22 bits per heavy atom. The molecule has 1 heterocycles. The highest BCUT2D eigenvalue weighted by Crippen LogP contribution is 2.23. The van der Waals surface area contributed by atoms with Crippen molar-refractivity contribution in [1.82, 2.24) is 4.98 Å². The summed E-state index contributed by atoms with van der Waals surface area (Å²) < 4.78 is 0. The Bertz CT molecular complexity index is 1110. The van der Waals surface area contributed by atoms with Gasteiger partial charge in [0.2, 0.25) is 0 Å². The van der Waals surface area contributed by atoms with Gasteiger partial charge in [-0.05, 0) is 69.2 Å². The predicted molar refractivity (Wildman–Crippen MR) is 128 cm³/mol. The number of carbonyl (C=O) groups excluding carboxylic acids is 1. The number of hydrogen-bond donors (Lipinski definition) is 4. The summed E-state index contributed by atoms with van der Waals surface area (Å²) in [6.07, 6.45) is 1.73. The molecule has 0 saturated heterocycles. The van der Waals surface area contributed by atoms with E-state index in [1.807, 2.05) is 68.4 Å². The Kier molecular flexibility index (Phi) is 6.78. The van der Waals surface area contributed by atoms with E-state index in [4.69, 9.17) is 0 Å². The molecule has 0 saturated carbocycles. The average Bonchev–Trinajstić information content (AvgIpc) is 2.75. The minimum Gasteiger partial charge on any atom is -0.481 e. The first-order chi connectivity index (χ1) is 15.1. The maximum absolute atomic E-state index is 12.3. The van der Waals surface area contributed by atoms with E-state index in [0.717, 1.165) is 27.9 Å². The number of carboxylic acid groups (broad SMARTS) is 1. The molecule has 32 heavy (non-hydrogen) atoms. The second-order valence-corrected chi connectivity index (χ2v) is 8.45. The Labute approximate surface area is 187 Å². The van der Waals surface area contributed by atoms with Gasteiger partial charge in [-0.1, -0.05) is 29.8 Å². The summed E-state index contributed by atoms with van der Waals surface area (Å²) in [5.74, 6) is -0.248. The van der Waals surface area contributed by atoms with Crippen LogP contribution >= 0.6 is 0 Å². The Morgan fingerprint density at radius 1 is 0.938 bits per heavy atom. The standard InChI is InChI=1S/C25H28N4O3/c1-16-5-11-21(17(2)13-16)29-24(32)28-20-9-6-18(7-10-20)19-8-12-22(26-14-19)27-15-25(3,4)23(30)31/h5-14H,15H2,1-4H3,(H,26,27)(H,30,31)(H2,28,29,32). The number of rotatable bonds is 7. The number of aromatic nitrogens is 1. The average molecular weight is 433 g/mol. The number of aliphatic carboxylic acids is 1. The van der Waals surface area contributed by atoms with E-state index in [2.05, 4.69) is 20.9 Å². The van der Waals surface area contributed by atoms with Crippen LogP contribution in [0.5, 0.6) is 0 Å². The number of nitrogens with zero attached hydrogens (tertiary/aromatic N) is 1. The van der Waals surface area contributed by atoms with E-state index in [0.29, 0.717) is 11.5 Å². The number of amides is 2.